The lowest BCUT2D eigenvalue weighted by Crippen LogP contribution is -2.23. The van der Waals surface area contributed by atoms with E-state index in [1.165, 1.54) is 6.08 Å². The molecule has 0 saturated carbocycles. The number of anilines is 1. The van der Waals surface area contributed by atoms with E-state index in [0.29, 0.717) is 17.7 Å². The molecule has 0 atom stereocenters. The van der Waals surface area contributed by atoms with Crippen LogP contribution in [0, 0.1) is 0 Å². The molecule has 2 aromatic carbocycles. The second kappa shape index (κ2) is 5.25. The zero-order valence-electron chi connectivity index (χ0n) is 11.2. The van der Waals surface area contributed by atoms with Gasteiger partial charge in [-0.15, -0.1) is 0 Å². The summed E-state index contributed by atoms with van der Waals surface area (Å²) in [5.74, 6) is -1.07. The van der Waals surface area contributed by atoms with Crippen molar-refractivity contribution < 1.29 is 14.7 Å². The van der Waals surface area contributed by atoms with Crippen molar-refractivity contribution in [1.29, 1.82) is 0 Å². The average Bonchev–Trinajstić information content (AvgIpc) is 2.83. The van der Waals surface area contributed by atoms with Crippen LogP contribution in [0.1, 0.15) is 21.5 Å². The van der Waals surface area contributed by atoms with E-state index < -0.39 is 5.97 Å². The van der Waals surface area contributed by atoms with Gasteiger partial charge in [0.2, 0.25) is 0 Å². The van der Waals surface area contributed by atoms with Gasteiger partial charge < -0.3 is 10.0 Å². The standard InChI is InChI=1S/C17H13NO3/c19-16(20)10-9-12-5-2-4-8-15(12)18-11-13-6-1-3-7-14(13)17(18)21/h1-10H,11H2,(H,19,20). The molecule has 1 aliphatic rings. The molecule has 2 aromatic rings. The minimum absolute atomic E-state index is 0.0539. The first-order valence-electron chi connectivity index (χ1n) is 6.56. The summed E-state index contributed by atoms with van der Waals surface area (Å²) >= 11 is 0. The molecule has 0 unspecified atom stereocenters. The number of carbonyl (C=O) groups is 2. The Morgan fingerprint density at radius 2 is 1.81 bits per heavy atom. The summed E-state index contributed by atoms with van der Waals surface area (Å²) in [6.45, 7) is 0.507. The number of hydrogen-bond donors (Lipinski definition) is 1. The minimum Gasteiger partial charge on any atom is -0.478 e. The predicted octanol–water partition coefficient (Wildman–Crippen LogP) is 2.94. The highest BCUT2D eigenvalue weighted by atomic mass is 16.4. The highest BCUT2D eigenvalue weighted by Crippen LogP contribution is 2.31. The summed E-state index contributed by atoms with van der Waals surface area (Å²) < 4.78 is 0. The van der Waals surface area contributed by atoms with Crippen LogP contribution in [-0.2, 0) is 11.3 Å². The van der Waals surface area contributed by atoms with Gasteiger partial charge in [-0.3, -0.25) is 4.79 Å². The van der Waals surface area contributed by atoms with Crippen molar-refractivity contribution >= 4 is 23.6 Å². The second-order valence-electron chi connectivity index (χ2n) is 4.78. The minimum atomic E-state index is -1.01. The fourth-order valence-corrected chi connectivity index (χ4v) is 2.48. The molecule has 0 fully saturated rings. The number of fused-ring (bicyclic) bond motifs is 1. The topological polar surface area (TPSA) is 57.6 Å². The Hall–Kier alpha value is -2.88. The van der Waals surface area contributed by atoms with Gasteiger partial charge in [0.25, 0.3) is 5.91 Å². The maximum absolute atomic E-state index is 12.5. The molecular formula is C17H13NO3. The summed E-state index contributed by atoms with van der Waals surface area (Å²) in [4.78, 5) is 24.8. The maximum Gasteiger partial charge on any atom is 0.328 e. The van der Waals surface area contributed by atoms with Crippen LogP contribution in [0.5, 0.6) is 0 Å². The van der Waals surface area contributed by atoms with E-state index in [1.807, 2.05) is 42.5 Å². The molecule has 1 N–H and O–H groups in total. The highest BCUT2D eigenvalue weighted by Gasteiger charge is 2.28. The first-order valence-corrected chi connectivity index (χ1v) is 6.56. The van der Waals surface area contributed by atoms with Crippen LogP contribution in [0.15, 0.2) is 54.6 Å². The smallest absolute Gasteiger partial charge is 0.328 e. The molecule has 1 aliphatic heterocycles. The van der Waals surface area contributed by atoms with Gasteiger partial charge in [-0.05, 0) is 29.3 Å². The Balaban J connectivity index is 2.00. The molecule has 4 nitrogen and oxygen atoms in total. The second-order valence-corrected chi connectivity index (χ2v) is 4.78. The van der Waals surface area contributed by atoms with Gasteiger partial charge in [0.15, 0.2) is 0 Å². The number of para-hydroxylation sites is 1. The summed E-state index contributed by atoms with van der Waals surface area (Å²) in [7, 11) is 0. The SMILES string of the molecule is O=C(O)C=Cc1ccccc1N1Cc2ccccc2C1=O. The molecule has 1 amide bonds. The Morgan fingerprint density at radius 1 is 1.10 bits per heavy atom. The largest absolute Gasteiger partial charge is 0.478 e. The number of carbonyl (C=O) groups excluding carboxylic acids is 1. The first-order chi connectivity index (χ1) is 10.2. The number of aliphatic carboxylic acids is 1. The van der Waals surface area contributed by atoms with Gasteiger partial charge in [0.05, 0.1) is 12.2 Å². The number of carboxylic acid groups (broad SMARTS) is 1. The van der Waals surface area contributed by atoms with Crippen molar-refractivity contribution in [3.05, 3.63) is 71.3 Å². The van der Waals surface area contributed by atoms with Crippen LogP contribution in [-0.4, -0.2) is 17.0 Å². The Labute approximate surface area is 121 Å². The van der Waals surface area contributed by atoms with Crippen molar-refractivity contribution in [2.45, 2.75) is 6.54 Å². The van der Waals surface area contributed by atoms with Crippen LogP contribution < -0.4 is 4.90 Å². The van der Waals surface area contributed by atoms with Gasteiger partial charge in [-0.25, -0.2) is 4.79 Å². The van der Waals surface area contributed by atoms with E-state index >= 15 is 0 Å². The van der Waals surface area contributed by atoms with Crippen LogP contribution in [0.25, 0.3) is 6.08 Å². The molecule has 21 heavy (non-hydrogen) atoms. The third kappa shape index (κ3) is 2.43. The quantitative estimate of drug-likeness (QED) is 0.879. The number of amides is 1. The van der Waals surface area contributed by atoms with Crippen LogP contribution in [0.2, 0.25) is 0 Å². The molecule has 1 heterocycles. The van der Waals surface area contributed by atoms with Crippen LogP contribution >= 0.6 is 0 Å². The van der Waals surface area contributed by atoms with E-state index in [-0.39, 0.29) is 5.91 Å². The molecule has 0 radical (unpaired) electrons. The molecule has 0 saturated heterocycles. The summed E-state index contributed by atoms with van der Waals surface area (Å²) in [6.07, 6.45) is 2.58. The third-order valence-electron chi connectivity index (χ3n) is 3.45. The van der Waals surface area contributed by atoms with Gasteiger partial charge in [0, 0.05) is 11.6 Å². The zero-order valence-corrected chi connectivity index (χ0v) is 11.2. The molecule has 0 aromatic heterocycles. The van der Waals surface area contributed by atoms with Gasteiger partial charge in [-0.1, -0.05) is 36.4 Å². The number of carboxylic acids is 1. The average molecular weight is 279 g/mol. The van der Waals surface area contributed by atoms with E-state index in [0.717, 1.165) is 17.3 Å². The van der Waals surface area contributed by atoms with E-state index in [9.17, 15) is 9.59 Å². The normalized spacial score (nSPS) is 13.7. The van der Waals surface area contributed by atoms with E-state index in [2.05, 4.69) is 0 Å². The van der Waals surface area contributed by atoms with Gasteiger partial charge in [0.1, 0.15) is 0 Å². The molecule has 4 heteroatoms. The van der Waals surface area contributed by atoms with Gasteiger partial charge >= 0.3 is 5.97 Å². The number of hydrogen-bond acceptors (Lipinski definition) is 2. The molecule has 0 spiro atoms. The van der Waals surface area contributed by atoms with Crippen molar-refractivity contribution in [3.63, 3.8) is 0 Å². The van der Waals surface area contributed by atoms with Gasteiger partial charge in [-0.2, -0.15) is 0 Å². The molecule has 3 rings (SSSR count). The van der Waals surface area contributed by atoms with Crippen LogP contribution in [0.4, 0.5) is 5.69 Å². The lowest BCUT2D eigenvalue weighted by atomic mass is 10.1. The Morgan fingerprint density at radius 3 is 2.57 bits per heavy atom. The number of rotatable bonds is 3. The lowest BCUT2D eigenvalue weighted by molar-refractivity contribution is -0.131. The lowest BCUT2D eigenvalue weighted by Gasteiger charge is -2.18. The van der Waals surface area contributed by atoms with Crippen molar-refractivity contribution in [1.82, 2.24) is 0 Å². The number of nitrogens with zero attached hydrogens (tertiary/aromatic N) is 1. The van der Waals surface area contributed by atoms with E-state index in [4.69, 9.17) is 5.11 Å². The molecule has 0 bridgehead atoms. The maximum atomic E-state index is 12.5. The molecule has 104 valence electrons. The summed E-state index contributed by atoms with van der Waals surface area (Å²) in [6, 6.07) is 14.8. The van der Waals surface area contributed by atoms with Crippen molar-refractivity contribution in [2.24, 2.45) is 0 Å². The first kappa shape index (κ1) is 13.1. The van der Waals surface area contributed by atoms with Crippen molar-refractivity contribution in [2.75, 3.05) is 4.90 Å². The molecular weight excluding hydrogens is 266 g/mol. The summed E-state index contributed by atoms with van der Waals surface area (Å²) in [5, 5.41) is 8.76. The highest BCUT2D eigenvalue weighted by molar-refractivity contribution is 6.10. The molecule has 0 aliphatic carbocycles. The fraction of sp³-hybridized carbons (Fsp3) is 0.0588. The summed E-state index contributed by atoms with van der Waals surface area (Å²) in [5.41, 5.74) is 3.12. The zero-order chi connectivity index (χ0) is 14.8. The van der Waals surface area contributed by atoms with Crippen molar-refractivity contribution in [3.8, 4) is 0 Å². The Kier molecular flexibility index (Phi) is 3.28. The monoisotopic (exact) mass is 279 g/mol. The third-order valence-corrected chi connectivity index (χ3v) is 3.45. The van der Waals surface area contributed by atoms with E-state index in [1.54, 1.807) is 11.0 Å². The fourth-order valence-electron chi connectivity index (χ4n) is 2.48. The van der Waals surface area contributed by atoms with Crippen LogP contribution in [0.3, 0.4) is 0 Å². The number of benzene rings is 2. The predicted molar refractivity (Wildman–Crippen MR) is 80.1 cm³/mol. The Bertz CT molecular complexity index is 749.